The van der Waals surface area contributed by atoms with Crippen LogP contribution in [0.15, 0.2) is 71.8 Å². The quantitative estimate of drug-likeness (QED) is 0.254. The number of carbonyl (C=O) groups is 1. The minimum atomic E-state index is -0.431. The Morgan fingerprint density at radius 1 is 1.10 bits per heavy atom. The van der Waals surface area contributed by atoms with E-state index < -0.39 is 4.92 Å². The summed E-state index contributed by atoms with van der Waals surface area (Å²) >= 11 is 6.69. The number of hydrogen-bond donors (Lipinski definition) is 0. The van der Waals surface area contributed by atoms with Gasteiger partial charge >= 0.3 is 0 Å². The molecule has 1 aromatic heterocycles. The average Bonchev–Trinajstić information content (AvgIpc) is 3.27. The Labute approximate surface area is 176 Å². The van der Waals surface area contributed by atoms with Crippen molar-refractivity contribution in [3.8, 4) is 5.69 Å². The molecule has 0 atom stereocenters. The van der Waals surface area contributed by atoms with Gasteiger partial charge in [-0.25, -0.2) is 0 Å². The monoisotopic (exact) mass is 421 g/mol. The first-order valence-corrected chi connectivity index (χ1v) is 9.94. The molecule has 8 heteroatoms. The summed E-state index contributed by atoms with van der Waals surface area (Å²) in [5.41, 5.74) is 3.12. The molecule has 29 heavy (non-hydrogen) atoms. The topological polar surface area (TPSA) is 68.4 Å². The molecule has 0 saturated carbocycles. The Kier molecular flexibility index (Phi) is 5.04. The third-order valence-electron chi connectivity index (χ3n) is 4.53. The third-order valence-corrected chi connectivity index (χ3v) is 5.83. The molecule has 2 aromatic carbocycles. The molecule has 2 heterocycles. The zero-order valence-electron chi connectivity index (χ0n) is 15.3. The molecular weight excluding hydrogens is 406 g/mol. The number of hydrogen-bond acceptors (Lipinski definition) is 5. The molecule has 1 aliphatic heterocycles. The summed E-state index contributed by atoms with van der Waals surface area (Å²) in [7, 11) is 0. The molecule has 0 spiro atoms. The largest absolute Gasteiger partial charge is 0.317 e. The fourth-order valence-electron chi connectivity index (χ4n) is 3.13. The third kappa shape index (κ3) is 3.59. The normalized spacial score (nSPS) is 15.3. The van der Waals surface area contributed by atoms with Crippen LogP contribution in [0.2, 0.25) is 0 Å². The molecule has 6 nitrogen and oxygen atoms in total. The lowest BCUT2D eigenvalue weighted by atomic mass is 10.2. The summed E-state index contributed by atoms with van der Waals surface area (Å²) in [5, 5.41) is 11.1. The Balaban J connectivity index is 1.70. The summed E-state index contributed by atoms with van der Waals surface area (Å²) in [5.74, 6) is -0.180. The van der Waals surface area contributed by atoms with Crippen molar-refractivity contribution in [2.75, 3.05) is 4.90 Å². The number of amides is 1. The first-order chi connectivity index (χ1) is 14.0. The van der Waals surface area contributed by atoms with Crippen molar-refractivity contribution in [1.29, 1.82) is 0 Å². The van der Waals surface area contributed by atoms with Gasteiger partial charge in [0.1, 0.15) is 0 Å². The van der Waals surface area contributed by atoms with Crippen LogP contribution in [0.3, 0.4) is 0 Å². The van der Waals surface area contributed by atoms with Crippen LogP contribution in [0.5, 0.6) is 0 Å². The summed E-state index contributed by atoms with van der Waals surface area (Å²) < 4.78 is 2.27. The smallest absolute Gasteiger partial charge is 0.271 e. The molecule has 0 bridgehead atoms. The molecule has 4 rings (SSSR count). The van der Waals surface area contributed by atoms with Gasteiger partial charge < -0.3 is 4.57 Å². The molecule has 144 valence electrons. The van der Waals surface area contributed by atoms with Gasteiger partial charge in [-0.1, -0.05) is 48.2 Å². The molecule has 1 aliphatic rings. The standard InChI is InChI=1S/C21H15N3O3S2/c1-14-6-2-3-10-18(14)23-20(25)19(29-21(23)28)13-16-9-5-11-22(16)15-7-4-8-17(12-15)24(26)27/h2-13H,1H3/b19-13+. The molecule has 0 aliphatic carbocycles. The van der Waals surface area contributed by atoms with E-state index in [1.807, 2.05) is 43.3 Å². The molecule has 0 N–H and O–H groups in total. The van der Waals surface area contributed by atoms with E-state index in [0.717, 1.165) is 16.9 Å². The van der Waals surface area contributed by atoms with Crippen LogP contribution >= 0.6 is 24.0 Å². The zero-order valence-corrected chi connectivity index (χ0v) is 16.9. The van der Waals surface area contributed by atoms with Crippen LogP contribution in [-0.4, -0.2) is 19.7 Å². The fraction of sp³-hybridized carbons (Fsp3) is 0.0476. The maximum Gasteiger partial charge on any atom is 0.271 e. The number of nitrogens with zero attached hydrogens (tertiary/aromatic N) is 3. The van der Waals surface area contributed by atoms with Crippen LogP contribution in [-0.2, 0) is 4.79 Å². The lowest BCUT2D eigenvalue weighted by Gasteiger charge is -2.16. The van der Waals surface area contributed by atoms with Crippen molar-refractivity contribution in [2.24, 2.45) is 0 Å². The van der Waals surface area contributed by atoms with Crippen LogP contribution in [0.1, 0.15) is 11.3 Å². The Hall–Kier alpha value is -3.23. The van der Waals surface area contributed by atoms with Gasteiger partial charge in [0.2, 0.25) is 0 Å². The van der Waals surface area contributed by atoms with Gasteiger partial charge in [0.15, 0.2) is 4.32 Å². The Bertz CT molecular complexity index is 1180. The van der Waals surface area contributed by atoms with Crippen LogP contribution < -0.4 is 4.90 Å². The number of nitro groups is 1. The maximum absolute atomic E-state index is 13.0. The van der Waals surface area contributed by atoms with Gasteiger partial charge in [-0.05, 0) is 42.8 Å². The van der Waals surface area contributed by atoms with Crippen LogP contribution in [0.4, 0.5) is 11.4 Å². The van der Waals surface area contributed by atoms with Gasteiger partial charge in [-0.2, -0.15) is 0 Å². The number of thioether (sulfide) groups is 1. The number of carbonyl (C=O) groups excluding carboxylic acids is 1. The second-order valence-electron chi connectivity index (χ2n) is 6.38. The molecule has 0 radical (unpaired) electrons. The molecule has 1 amide bonds. The molecule has 3 aromatic rings. The number of nitro benzene ring substituents is 1. The Morgan fingerprint density at radius 3 is 2.66 bits per heavy atom. The highest BCUT2D eigenvalue weighted by molar-refractivity contribution is 8.27. The molecule has 0 unspecified atom stereocenters. The van der Waals surface area contributed by atoms with E-state index in [1.165, 1.54) is 23.9 Å². The van der Waals surface area contributed by atoms with Crippen molar-refractivity contribution in [3.05, 3.63) is 93.1 Å². The first kappa shape index (κ1) is 19.1. The van der Waals surface area contributed by atoms with Gasteiger partial charge in [-0.3, -0.25) is 19.8 Å². The lowest BCUT2D eigenvalue weighted by molar-refractivity contribution is -0.384. The number of benzene rings is 2. The molecule has 1 saturated heterocycles. The number of thiocarbonyl (C=S) groups is 1. The van der Waals surface area contributed by atoms with E-state index in [1.54, 1.807) is 33.9 Å². The minimum Gasteiger partial charge on any atom is -0.317 e. The van der Waals surface area contributed by atoms with E-state index in [9.17, 15) is 14.9 Å². The summed E-state index contributed by atoms with van der Waals surface area (Å²) in [6.07, 6.45) is 3.56. The zero-order chi connectivity index (χ0) is 20.5. The minimum absolute atomic E-state index is 0.00743. The van der Waals surface area contributed by atoms with Crippen LogP contribution in [0, 0.1) is 17.0 Å². The number of aromatic nitrogens is 1. The van der Waals surface area contributed by atoms with E-state index in [0.29, 0.717) is 14.9 Å². The summed E-state index contributed by atoms with van der Waals surface area (Å²) in [4.78, 5) is 25.7. The Morgan fingerprint density at radius 2 is 1.90 bits per heavy atom. The second-order valence-corrected chi connectivity index (χ2v) is 8.06. The number of anilines is 1. The number of aryl methyl sites for hydroxylation is 1. The number of rotatable bonds is 4. The van der Waals surface area contributed by atoms with Gasteiger partial charge in [-0.15, -0.1) is 0 Å². The van der Waals surface area contributed by atoms with Crippen molar-refractivity contribution < 1.29 is 9.72 Å². The molecular formula is C21H15N3O3S2. The second kappa shape index (κ2) is 7.65. The highest BCUT2D eigenvalue weighted by Crippen LogP contribution is 2.37. The predicted octanol–water partition coefficient (Wildman–Crippen LogP) is 5.10. The molecule has 1 fully saturated rings. The van der Waals surface area contributed by atoms with Crippen molar-refractivity contribution >= 4 is 51.7 Å². The number of para-hydroxylation sites is 1. The van der Waals surface area contributed by atoms with E-state index in [4.69, 9.17) is 12.2 Å². The first-order valence-electron chi connectivity index (χ1n) is 8.71. The predicted molar refractivity (Wildman–Crippen MR) is 119 cm³/mol. The van der Waals surface area contributed by atoms with Crippen molar-refractivity contribution in [1.82, 2.24) is 4.57 Å². The average molecular weight is 422 g/mol. The van der Waals surface area contributed by atoms with E-state index in [-0.39, 0.29) is 11.6 Å². The van der Waals surface area contributed by atoms with E-state index in [2.05, 4.69) is 0 Å². The van der Waals surface area contributed by atoms with Crippen molar-refractivity contribution in [3.63, 3.8) is 0 Å². The lowest BCUT2D eigenvalue weighted by Crippen LogP contribution is -2.28. The van der Waals surface area contributed by atoms with Crippen molar-refractivity contribution in [2.45, 2.75) is 6.92 Å². The maximum atomic E-state index is 13.0. The van der Waals surface area contributed by atoms with Gasteiger partial charge in [0, 0.05) is 24.0 Å². The summed E-state index contributed by atoms with van der Waals surface area (Å²) in [6, 6.07) is 17.6. The van der Waals surface area contributed by atoms with Crippen LogP contribution in [0.25, 0.3) is 11.8 Å². The number of non-ortho nitro benzene ring substituents is 1. The fourth-order valence-corrected chi connectivity index (χ4v) is 4.40. The van der Waals surface area contributed by atoms with Gasteiger partial charge in [0.05, 0.1) is 21.2 Å². The highest BCUT2D eigenvalue weighted by Gasteiger charge is 2.34. The van der Waals surface area contributed by atoms with E-state index >= 15 is 0 Å². The highest BCUT2D eigenvalue weighted by atomic mass is 32.2. The summed E-state index contributed by atoms with van der Waals surface area (Å²) in [6.45, 7) is 1.94. The SMILES string of the molecule is Cc1ccccc1N1C(=O)/C(=C\c2cccn2-c2cccc([N+](=O)[O-])c2)SC1=S. The van der Waals surface area contributed by atoms with Gasteiger partial charge in [0.25, 0.3) is 11.6 Å².